The molecule has 1 N–H and O–H groups in total. The number of benzene rings is 1. The summed E-state index contributed by atoms with van der Waals surface area (Å²) in [6.45, 7) is 9.83. The molecular weight excluding hydrogens is 238 g/mol. The number of nitrogens with one attached hydrogen (secondary N) is 1. The number of rotatable bonds is 4. The average Bonchev–Trinajstić information content (AvgIpc) is 2.76. The molecule has 19 heavy (non-hydrogen) atoms. The Morgan fingerprint density at radius 3 is 2.47 bits per heavy atom. The summed E-state index contributed by atoms with van der Waals surface area (Å²) in [6.07, 6.45) is 0. The van der Waals surface area contributed by atoms with Crippen molar-refractivity contribution in [2.24, 2.45) is 0 Å². The van der Waals surface area contributed by atoms with Crippen LogP contribution in [0.5, 0.6) is 0 Å². The van der Waals surface area contributed by atoms with E-state index < -0.39 is 0 Å². The molecular formula is C14H21N5. The van der Waals surface area contributed by atoms with Gasteiger partial charge in [-0.25, -0.2) is 4.68 Å². The van der Waals surface area contributed by atoms with Crippen molar-refractivity contribution in [1.82, 2.24) is 25.5 Å². The fraction of sp³-hybridized carbons (Fsp3) is 0.500. The highest BCUT2D eigenvalue weighted by molar-refractivity contribution is 5.21. The van der Waals surface area contributed by atoms with Crippen LogP contribution in [0.3, 0.4) is 0 Å². The second-order valence-electron chi connectivity index (χ2n) is 5.84. The van der Waals surface area contributed by atoms with Crippen molar-refractivity contribution >= 4 is 0 Å². The first-order valence-electron chi connectivity index (χ1n) is 6.50. The number of hydrogen-bond donors (Lipinski definition) is 1. The Balaban J connectivity index is 2.05. The molecule has 0 unspecified atom stereocenters. The standard InChI is InChI=1S/C14H21N5/c1-11-5-7-12(8-6-11)10-19-13(16-17-18-19)9-15-14(2,3)4/h5-8,15H,9-10H2,1-4H3. The number of nitrogens with zero attached hydrogens (tertiary/aromatic N) is 4. The topological polar surface area (TPSA) is 55.6 Å². The van der Waals surface area contributed by atoms with Gasteiger partial charge in [0.1, 0.15) is 0 Å². The zero-order valence-corrected chi connectivity index (χ0v) is 12.0. The zero-order valence-electron chi connectivity index (χ0n) is 12.0. The SMILES string of the molecule is Cc1ccc(Cn2nnnc2CNC(C)(C)C)cc1. The van der Waals surface area contributed by atoms with Crippen molar-refractivity contribution in [1.29, 1.82) is 0 Å². The molecule has 0 aliphatic carbocycles. The van der Waals surface area contributed by atoms with E-state index in [1.165, 1.54) is 11.1 Å². The largest absolute Gasteiger partial charge is 0.305 e. The third kappa shape index (κ3) is 4.13. The molecule has 0 atom stereocenters. The Bertz CT molecular complexity index is 522. The van der Waals surface area contributed by atoms with Crippen LogP contribution in [0, 0.1) is 6.92 Å². The van der Waals surface area contributed by atoms with Crippen LogP contribution < -0.4 is 5.32 Å². The van der Waals surface area contributed by atoms with Crippen LogP contribution in [0.2, 0.25) is 0 Å². The maximum Gasteiger partial charge on any atom is 0.165 e. The lowest BCUT2D eigenvalue weighted by Gasteiger charge is -2.19. The normalized spacial score (nSPS) is 11.8. The van der Waals surface area contributed by atoms with Crippen molar-refractivity contribution in [3.63, 3.8) is 0 Å². The first-order valence-corrected chi connectivity index (χ1v) is 6.50. The molecule has 5 nitrogen and oxygen atoms in total. The highest BCUT2D eigenvalue weighted by atomic mass is 15.5. The third-order valence-corrected chi connectivity index (χ3v) is 2.84. The van der Waals surface area contributed by atoms with Crippen molar-refractivity contribution in [2.75, 3.05) is 0 Å². The molecule has 102 valence electrons. The monoisotopic (exact) mass is 259 g/mol. The number of tetrazole rings is 1. The van der Waals surface area contributed by atoms with Gasteiger partial charge in [0.25, 0.3) is 0 Å². The van der Waals surface area contributed by atoms with Crippen molar-refractivity contribution in [3.8, 4) is 0 Å². The summed E-state index contributed by atoms with van der Waals surface area (Å²) in [5.74, 6) is 0.857. The molecule has 2 rings (SSSR count). The molecule has 0 amide bonds. The molecule has 5 heteroatoms. The van der Waals surface area contributed by atoms with Gasteiger partial charge in [-0.05, 0) is 43.7 Å². The molecule has 1 heterocycles. The van der Waals surface area contributed by atoms with E-state index in [0.717, 1.165) is 5.82 Å². The molecule has 1 aromatic heterocycles. The van der Waals surface area contributed by atoms with E-state index >= 15 is 0 Å². The van der Waals surface area contributed by atoms with Gasteiger partial charge in [-0.2, -0.15) is 0 Å². The Labute approximate surface area is 114 Å². The molecule has 0 fully saturated rings. The Hall–Kier alpha value is -1.75. The second-order valence-corrected chi connectivity index (χ2v) is 5.84. The van der Waals surface area contributed by atoms with Gasteiger partial charge in [0.15, 0.2) is 5.82 Å². The summed E-state index contributed by atoms with van der Waals surface area (Å²) in [5, 5.41) is 15.3. The molecule has 0 radical (unpaired) electrons. The lowest BCUT2D eigenvalue weighted by molar-refractivity contribution is 0.410. The Morgan fingerprint density at radius 2 is 1.84 bits per heavy atom. The van der Waals surface area contributed by atoms with E-state index in [0.29, 0.717) is 13.1 Å². The molecule has 0 saturated heterocycles. The van der Waals surface area contributed by atoms with Gasteiger partial charge >= 0.3 is 0 Å². The maximum absolute atomic E-state index is 4.07. The van der Waals surface area contributed by atoms with Crippen LogP contribution in [0.1, 0.15) is 37.7 Å². The number of aryl methyl sites for hydroxylation is 1. The number of aromatic nitrogens is 4. The van der Waals surface area contributed by atoms with E-state index in [-0.39, 0.29) is 5.54 Å². The molecule has 2 aromatic rings. The summed E-state index contributed by atoms with van der Waals surface area (Å²) >= 11 is 0. The third-order valence-electron chi connectivity index (χ3n) is 2.84. The highest BCUT2D eigenvalue weighted by Crippen LogP contribution is 2.07. The minimum absolute atomic E-state index is 0.0562. The highest BCUT2D eigenvalue weighted by Gasteiger charge is 2.12. The quantitative estimate of drug-likeness (QED) is 0.911. The molecule has 0 aliphatic rings. The predicted molar refractivity (Wildman–Crippen MR) is 74.7 cm³/mol. The molecule has 0 bridgehead atoms. The van der Waals surface area contributed by atoms with Crippen molar-refractivity contribution in [2.45, 2.75) is 46.3 Å². The van der Waals surface area contributed by atoms with Gasteiger partial charge in [-0.3, -0.25) is 0 Å². The van der Waals surface area contributed by atoms with Gasteiger partial charge < -0.3 is 5.32 Å². The minimum atomic E-state index is 0.0562. The van der Waals surface area contributed by atoms with Crippen molar-refractivity contribution in [3.05, 3.63) is 41.2 Å². The Kier molecular flexibility index (Phi) is 3.95. The van der Waals surface area contributed by atoms with Crippen LogP contribution in [-0.2, 0) is 13.1 Å². The summed E-state index contributed by atoms with van der Waals surface area (Å²) in [4.78, 5) is 0. The average molecular weight is 259 g/mol. The van der Waals surface area contributed by atoms with Crippen LogP contribution >= 0.6 is 0 Å². The van der Waals surface area contributed by atoms with Crippen LogP contribution in [-0.4, -0.2) is 25.7 Å². The maximum atomic E-state index is 4.07. The number of hydrogen-bond acceptors (Lipinski definition) is 4. The van der Waals surface area contributed by atoms with E-state index in [4.69, 9.17) is 0 Å². The minimum Gasteiger partial charge on any atom is -0.305 e. The smallest absolute Gasteiger partial charge is 0.165 e. The fourth-order valence-electron chi connectivity index (χ4n) is 1.68. The zero-order chi connectivity index (χ0) is 13.9. The first-order chi connectivity index (χ1) is 8.94. The van der Waals surface area contributed by atoms with E-state index in [1.807, 2.05) is 4.68 Å². The van der Waals surface area contributed by atoms with Gasteiger partial charge in [0.2, 0.25) is 0 Å². The summed E-state index contributed by atoms with van der Waals surface area (Å²) in [7, 11) is 0. The lowest BCUT2D eigenvalue weighted by Crippen LogP contribution is -2.36. The van der Waals surface area contributed by atoms with E-state index in [9.17, 15) is 0 Å². The summed E-state index contributed by atoms with van der Waals surface area (Å²) in [5.41, 5.74) is 2.52. The van der Waals surface area contributed by atoms with E-state index in [1.54, 1.807) is 0 Å². The molecule has 0 aliphatic heterocycles. The summed E-state index contributed by atoms with van der Waals surface area (Å²) in [6, 6.07) is 8.43. The Morgan fingerprint density at radius 1 is 1.16 bits per heavy atom. The molecule has 0 spiro atoms. The van der Waals surface area contributed by atoms with Gasteiger partial charge in [-0.15, -0.1) is 5.10 Å². The van der Waals surface area contributed by atoms with Gasteiger partial charge in [0, 0.05) is 5.54 Å². The first kappa shape index (κ1) is 13.7. The van der Waals surface area contributed by atoms with Crippen LogP contribution in [0.15, 0.2) is 24.3 Å². The second kappa shape index (κ2) is 5.48. The molecule has 0 saturated carbocycles. The van der Waals surface area contributed by atoms with E-state index in [2.05, 4.69) is 72.8 Å². The van der Waals surface area contributed by atoms with Crippen molar-refractivity contribution < 1.29 is 0 Å². The summed E-state index contributed by atoms with van der Waals surface area (Å²) < 4.78 is 1.84. The van der Waals surface area contributed by atoms with Gasteiger partial charge in [-0.1, -0.05) is 29.8 Å². The fourth-order valence-corrected chi connectivity index (χ4v) is 1.68. The van der Waals surface area contributed by atoms with Crippen LogP contribution in [0.4, 0.5) is 0 Å². The van der Waals surface area contributed by atoms with Gasteiger partial charge in [0.05, 0.1) is 13.1 Å². The molecule has 1 aromatic carbocycles. The predicted octanol–water partition coefficient (Wildman–Crippen LogP) is 1.92. The lowest BCUT2D eigenvalue weighted by atomic mass is 10.1. The van der Waals surface area contributed by atoms with Crippen LogP contribution in [0.25, 0.3) is 0 Å².